The summed E-state index contributed by atoms with van der Waals surface area (Å²) in [5.74, 6) is 0.123. The van der Waals surface area contributed by atoms with Gasteiger partial charge < -0.3 is 38.3 Å². The maximum atomic E-state index is 14.4. The predicted molar refractivity (Wildman–Crippen MR) is 264 cm³/mol. The van der Waals surface area contributed by atoms with Crippen LogP contribution in [0.5, 0.6) is 23.1 Å². The fourth-order valence-corrected chi connectivity index (χ4v) is 10.3. The SMILES string of the molecule is COc1ccccc1-c1nccc(COc2ccccc2C[C@@H](Oc2ncnc3sc(-c4ccc(F)cc4)c(-c4c(C)c(Cl)c(OCCN5CC[N+](C)(COP(=O)(O)O)CC5)c(Cl)c4C)c23)C(=O)O)n1. The number of methoxy groups -OCH3 is 1. The first-order valence-electron chi connectivity index (χ1n) is 22.0. The molecule has 7 aromatic rings. The highest BCUT2D eigenvalue weighted by Crippen LogP contribution is 2.53. The fraction of sp³-hybridized carbons (Fsp3) is 0.286. The average Bonchev–Trinajstić information content (AvgIpc) is 3.74. The number of carboxylic acids is 1. The lowest BCUT2D eigenvalue weighted by atomic mass is 9.92. The Hall–Kier alpha value is -5.79. The number of hydrogen-bond acceptors (Lipinski definition) is 13. The molecule has 0 amide bonds. The van der Waals surface area contributed by atoms with Crippen molar-refractivity contribution in [3.63, 3.8) is 0 Å². The number of piperazine rings is 1. The lowest BCUT2D eigenvalue weighted by Gasteiger charge is -2.41. The Morgan fingerprint density at radius 3 is 2.29 bits per heavy atom. The number of hydrogen-bond donors (Lipinski definition) is 3. The number of quaternary nitrogens is 1. The van der Waals surface area contributed by atoms with Gasteiger partial charge in [0, 0.05) is 42.7 Å². The number of phosphoric acid groups is 1. The molecule has 4 aromatic carbocycles. The van der Waals surface area contributed by atoms with Gasteiger partial charge in [-0.2, -0.15) is 0 Å². The van der Waals surface area contributed by atoms with Gasteiger partial charge in [0.05, 0.1) is 53.9 Å². The van der Waals surface area contributed by atoms with E-state index in [4.69, 9.17) is 51.7 Å². The van der Waals surface area contributed by atoms with E-state index in [9.17, 15) is 28.6 Å². The largest absolute Gasteiger partial charge is 0.496 e. The summed E-state index contributed by atoms with van der Waals surface area (Å²) < 4.78 is 55.3. The zero-order valence-corrected chi connectivity index (χ0v) is 41.7. The topological polar surface area (TPSA) is 196 Å². The van der Waals surface area contributed by atoms with Crippen molar-refractivity contribution in [1.82, 2.24) is 24.8 Å². The van der Waals surface area contributed by atoms with Gasteiger partial charge in [-0.1, -0.05) is 65.7 Å². The van der Waals surface area contributed by atoms with Gasteiger partial charge >= 0.3 is 13.8 Å². The third-order valence-corrected chi connectivity index (χ3v) is 14.6. The molecule has 0 spiro atoms. The van der Waals surface area contributed by atoms with Crippen LogP contribution in [-0.4, -0.2) is 117 Å². The van der Waals surface area contributed by atoms with E-state index in [1.54, 1.807) is 55.8 Å². The van der Waals surface area contributed by atoms with E-state index in [0.717, 1.165) is 5.56 Å². The van der Waals surface area contributed by atoms with Crippen LogP contribution in [0.25, 0.3) is 43.2 Å². The van der Waals surface area contributed by atoms with Gasteiger partial charge in [0.15, 0.2) is 18.3 Å². The second kappa shape index (κ2) is 21.7. The van der Waals surface area contributed by atoms with Gasteiger partial charge in [-0.25, -0.2) is 38.2 Å². The van der Waals surface area contributed by atoms with Gasteiger partial charge in [-0.15, -0.1) is 11.3 Å². The number of rotatable bonds is 19. The summed E-state index contributed by atoms with van der Waals surface area (Å²) in [6, 6.07) is 22.2. The second-order valence-electron chi connectivity index (χ2n) is 16.9. The van der Waals surface area contributed by atoms with Crippen molar-refractivity contribution in [3.05, 3.63) is 130 Å². The van der Waals surface area contributed by atoms with Crippen LogP contribution >= 0.6 is 42.4 Å². The van der Waals surface area contributed by atoms with Gasteiger partial charge in [0.1, 0.15) is 41.7 Å². The maximum absolute atomic E-state index is 14.4. The lowest BCUT2D eigenvalue weighted by molar-refractivity contribution is -0.928. The van der Waals surface area contributed by atoms with Crippen LogP contribution in [0.2, 0.25) is 10.0 Å². The molecule has 8 rings (SSSR count). The van der Waals surface area contributed by atoms with Gasteiger partial charge in [0.2, 0.25) is 12.0 Å². The zero-order valence-electron chi connectivity index (χ0n) is 38.5. The van der Waals surface area contributed by atoms with E-state index in [2.05, 4.69) is 19.9 Å². The van der Waals surface area contributed by atoms with E-state index < -0.39 is 25.7 Å². The average molecular weight is 1030 g/mol. The quantitative estimate of drug-likeness (QED) is 0.0512. The molecule has 1 saturated heterocycles. The molecule has 1 aliphatic rings. The van der Waals surface area contributed by atoms with E-state index in [1.165, 1.54) is 29.8 Å². The highest BCUT2D eigenvalue weighted by atomic mass is 35.5. The number of nitrogens with zero attached hydrogens (tertiary/aromatic N) is 6. The Morgan fingerprint density at radius 2 is 1.60 bits per heavy atom. The van der Waals surface area contributed by atoms with Gasteiger partial charge in [-0.05, 0) is 78.1 Å². The van der Waals surface area contributed by atoms with Crippen molar-refractivity contribution in [2.24, 2.45) is 0 Å². The maximum Gasteiger partial charge on any atom is 0.474 e. The monoisotopic (exact) mass is 1030 g/mol. The molecule has 3 aromatic heterocycles. The number of carbonyl (C=O) groups is 1. The van der Waals surface area contributed by atoms with Crippen LogP contribution < -0.4 is 18.9 Å². The van der Waals surface area contributed by atoms with Crippen LogP contribution in [0.3, 0.4) is 0 Å². The third kappa shape index (κ3) is 11.5. The molecule has 1 aliphatic heterocycles. The molecule has 0 unspecified atom stereocenters. The summed E-state index contributed by atoms with van der Waals surface area (Å²) in [5.41, 5.74) is 4.91. The smallest absolute Gasteiger partial charge is 0.474 e. The highest BCUT2D eigenvalue weighted by Gasteiger charge is 2.33. The van der Waals surface area contributed by atoms with E-state index >= 15 is 0 Å². The Labute approximate surface area is 417 Å². The number of phosphoric ester groups is 1. The Morgan fingerprint density at radius 1 is 0.914 bits per heavy atom. The lowest BCUT2D eigenvalue weighted by Crippen LogP contribution is -2.58. The molecule has 1 atom stereocenters. The van der Waals surface area contributed by atoms with Crippen molar-refractivity contribution in [2.75, 3.05) is 60.2 Å². The first-order valence-corrected chi connectivity index (χ1v) is 25.1. The van der Waals surface area contributed by atoms with Crippen LogP contribution in [0, 0.1) is 19.7 Å². The molecule has 1 fully saturated rings. The number of likely N-dealkylation sites (N-methyl/N-ethyl adjacent to an activating group) is 1. The first-order chi connectivity index (χ1) is 33.5. The number of aliphatic carboxylic acids is 1. The minimum Gasteiger partial charge on any atom is -0.496 e. The summed E-state index contributed by atoms with van der Waals surface area (Å²) in [5, 5.41) is 11.6. The van der Waals surface area contributed by atoms with Crippen LogP contribution in [0.15, 0.2) is 91.4 Å². The number of aromatic nitrogens is 4. The normalized spacial score (nSPS) is 14.4. The predicted octanol–water partition coefficient (Wildman–Crippen LogP) is 9.42. The van der Waals surface area contributed by atoms with Crippen molar-refractivity contribution < 1.29 is 56.6 Å². The standard InChI is InChI=1S/C49H48Cl2FN6O10PS/c1-29-39(30(2)43(51)44(42(29)50)65-24-21-57-19-22-58(3,23-20-57)28-67-69(61,62)63)40-41-47(54-27-55-48(41)70-45(40)31-13-15-33(52)16-14-31)68-38(49(59)60)25-32-9-5-7-11-36(32)66-26-34-17-18-53-46(56-34)35-10-6-8-12-37(35)64-4/h5-18,27,38H,19-26,28H2,1-4H3,(H2-,59,60,61,62,63)/p+1/t38-/m1/s1. The molecular weight excluding hydrogens is 986 g/mol. The second-order valence-corrected chi connectivity index (χ2v) is 19.9. The number of fused-ring (bicyclic) bond motifs is 1. The van der Waals surface area contributed by atoms with Crippen molar-refractivity contribution in [3.8, 4) is 56.1 Å². The molecule has 70 heavy (non-hydrogen) atoms. The minimum atomic E-state index is -4.59. The highest BCUT2D eigenvalue weighted by molar-refractivity contribution is 7.46. The van der Waals surface area contributed by atoms with Crippen molar-refractivity contribution in [1.29, 1.82) is 0 Å². The number of thiophene rings is 1. The fourth-order valence-electron chi connectivity index (χ4n) is 8.23. The van der Waals surface area contributed by atoms with E-state index in [1.807, 2.05) is 45.2 Å². The van der Waals surface area contributed by atoms with Crippen LogP contribution in [-0.2, 0) is 26.9 Å². The zero-order chi connectivity index (χ0) is 49.7. The molecule has 0 aliphatic carbocycles. The summed E-state index contributed by atoms with van der Waals surface area (Å²) >= 11 is 15.6. The van der Waals surface area contributed by atoms with Crippen LogP contribution in [0.4, 0.5) is 4.39 Å². The first kappa shape index (κ1) is 50.6. The molecule has 0 radical (unpaired) electrons. The number of benzene rings is 4. The van der Waals surface area contributed by atoms with Crippen molar-refractivity contribution in [2.45, 2.75) is 33.0 Å². The Kier molecular flexibility index (Phi) is 15.7. The molecule has 0 saturated carbocycles. The van der Waals surface area contributed by atoms with E-state index in [0.29, 0.717) is 109 Å². The third-order valence-electron chi connectivity index (χ3n) is 12.1. The summed E-state index contributed by atoms with van der Waals surface area (Å²) in [6.45, 7) is 6.91. The summed E-state index contributed by atoms with van der Waals surface area (Å²) in [7, 11) is -1.12. The molecule has 0 bridgehead atoms. The number of ether oxygens (including phenoxy) is 4. The molecule has 366 valence electrons. The van der Waals surface area contributed by atoms with Gasteiger partial charge in [-0.3, -0.25) is 4.90 Å². The Bertz CT molecular complexity index is 3050. The molecular formula is C49H49Cl2FN6O10PS+. The number of carboxylic acid groups (broad SMARTS) is 1. The van der Waals surface area contributed by atoms with Crippen molar-refractivity contribution >= 4 is 58.5 Å². The number of para-hydroxylation sites is 2. The Balaban J connectivity index is 1.07. The summed E-state index contributed by atoms with van der Waals surface area (Å²) in [4.78, 5) is 53.0. The molecule has 4 heterocycles. The minimum absolute atomic E-state index is 0.00353. The molecule has 3 N–H and O–H groups in total. The van der Waals surface area contributed by atoms with Gasteiger partial charge in [0.25, 0.3) is 0 Å². The van der Waals surface area contributed by atoms with E-state index in [-0.39, 0.29) is 48.0 Å². The summed E-state index contributed by atoms with van der Waals surface area (Å²) in [6.07, 6.45) is 1.38. The van der Waals surface area contributed by atoms with Crippen LogP contribution in [0.1, 0.15) is 22.4 Å². The number of halogens is 3. The molecule has 16 nitrogen and oxygen atoms in total. The molecule has 21 heteroatoms.